The van der Waals surface area contributed by atoms with Crippen LogP contribution in [0.25, 0.3) is 0 Å². The van der Waals surface area contributed by atoms with Gasteiger partial charge in [0, 0.05) is 31.3 Å². The molecular formula is C18H26N2O4S. The molecule has 1 aliphatic heterocycles. The Hall–Kier alpha value is -1.89. The van der Waals surface area contributed by atoms with Gasteiger partial charge in [0.05, 0.1) is 11.0 Å². The molecule has 0 aromatic heterocycles. The molecule has 1 aliphatic rings. The van der Waals surface area contributed by atoms with E-state index >= 15 is 0 Å². The minimum absolute atomic E-state index is 0.103. The van der Waals surface area contributed by atoms with Crippen molar-refractivity contribution in [3.05, 3.63) is 29.8 Å². The zero-order valence-corrected chi connectivity index (χ0v) is 15.8. The van der Waals surface area contributed by atoms with Gasteiger partial charge in [0.25, 0.3) is 5.91 Å². The van der Waals surface area contributed by atoms with Gasteiger partial charge in [0.15, 0.2) is 9.84 Å². The summed E-state index contributed by atoms with van der Waals surface area (Å²) in [4.78, 5) is 25.3. The van der Waals surface area contributed by atoms with Gasteiger partial charge in [-0.25, -0.2) is 8.42 Å². The summed E-state index contributed by atoms with van der Waals surface area (Å²) in [7, 11) is -3.09. The van der Waals surface area contributed by atoms with E-state index < -0.39 is 9.84 Å². The molecule has 1 aromatic rings. The van der Waals surface area contributed by atoms with Crippen molar-refractivity contribution in [2.24, 2.45) is 5.92 Å². The third-order valence-electron chi connectivity index (χ3n) is 4.25. The number of carbonyl (C=O) groups is 2. The van der Waals surface area contributed by atoms with Gasteiger partial charge in [0.1, 0.15) is 0 Å². The number of piperidine rings is 1. The molecule has 1 aromatic carbocycles. The maximum Gasteiger partial charge on any atom is 0.253 e. The highest BCUT2D eigenvalue weighted by atomic mass is 32.2. The van der Waals surface area contributed by atoms with Crippen LogP contribution >= 0.6 is 0 Å². The molecule has 6 nitrogen and oxygen atoms in total. The topological polar surface area (TPSA) is 83.6 Å². The van der Waals surface area contributed by atoms with Crippen molar-refractivity contribution in [2.45, 2.75) is 38.9 Å². The number of sulfone groups is 1. The first-order chi connectivity index (χ1) is 11.7. The normalized spacial score (nSPS) is 16.1. The molecular weight excluding hydrogens is 340 g/mol. The maximum atomic E-state index is 12.6. The Bertz CT molecular complexity index is 718. The van der Waals surface area contributed by atoms with Crippen LogP contribution in [-0.2, 0) is 14.6 Å². The maximum absolute atomic E-state index is 12.6. The van der Waals surface area contributed by atoms with Crippen molar-refractivity contribution in [2.75, 3.05) is 24.2 Å². The van der Waals surface area contributed by atoms with Gasteiger partial charge in [-0.15, -0.1) is 0 Å². The number of nitrogens with zero attached hydrogens (tertiary/aromatic N) is 1. The molecule has 0 spiro atoms. The number of likely N-dealkylation sites (tertiary alicyclic amines) is 1. The zero-order chi connectivity index (χ0) is 18.6. The third-order valence-corrected chi connectivity index (χ3v) is 6.87. The standard InChI is InChI=1S/C18H26N2O4S/c1-13(2)12-25(23,24)17-8-10-20(11-9-17)18(22)15-4-6-16(7-5-15)19-14(3)21/h4-7,13,17H,8-12H2,1-3H3,(H,19,21). The SMILES string of the molecule is CC(=O)Nc1ccc(C(=O)N2CCC(S(=O)(=O)CC(C)C)CC2)cc1. The second-order valence-electron chi connectivity index (χ2n) is 6.97. The summed E-state index contributed by atoms with van der Waals surface area (Å²) in [5, 5.41) is 2.31. The summed E-state index contributed by atoms with van der Waals surface area (Å²) >= 11 is 0. The second-order valence-corrected chi connectivity index (χ2v) is 9.30. The first-order valence-corrected chi connectivity index (χ1v) is 10.3. The Balaban J connectivity index is 1.96. The quantitative estimate of drug-likeness (QED) is 0.867. The van der Waals surface area contributed by atoms with E-state index in [0.717, 1.165) is 0 Å². The lowest BCUT2D eigenvalue weighted by Gasteiger charge is -2.32. The fraction of sp³-hybridized carbons (Fsp3) is 0.556. The molecule has 25 heavy (non-hydrogen) atoms. The van der Waals surface area contributed by atoms with Gasteiger partial charge in [0.2, 0.25) is 5.91 Å². The van der Waals surface area contributed by atoms with Crippen LogP contribution in [0.3, 0.4) is 0 Å². The number of nitrogens with one attached hydrogen (secondary N) is 1. The highest BCUT2D eigenvalue weighted by Gasteiger charge is 2.32. The molecule has 0 unspecified atom stereocenters. The first kappa shape index (κ1) is 19.4. The number of benzene rings is 1. The van der Waals surface area contributed by atoms with E-state index in [1.54, 1.807) is 29.2 Å². The summed E-state index contributed by atoms with van der Waals surface area (Å²) in [6.07, 6.45) is 0.982. The van der Waals surface area contributed by atoms with E-state index in [-0.39, 0.29) is 28.7 Å². The molecule has 1 N–H and O–H groups in total. The molecule has 1 fully saturated rings. The third kappa shape index (κ3) is 5.29. The van der Waals surface area contributed by atoms with Gasteiger partial charge in [-0.3, -0.25) is 9.59 Å². The lowest BCUT2D eigenvalue weighted by Crippen LogP contribution is -2.43. The van der Waals surface area contributed by atoms with Crippen LogP contribution in [0.4, 0.5) is 5.69 Å². The van der Waals surface area contributed by atoms with Crippen LogP contribution in [0.15, 0.2) is 24.3 Å². The Morgan fingerprint density at radius 1 is 1.16 bits per heavy atom. The van der Waals surface area contributed by atoms with E-state index in [9.17, 15) is 18.0 Å². The number of rotatable bonds is 5. The van der Waals surface area contributed by atoms with Crippen molar-refractivity contribution < 1.29 is 18.0 Å². The number of hydrogen-bond donors (Lipinski definition) is 1. The molecule has 7 heteroatoms. The van der Waals surface area contributed by atoms with Crippen molar-refractivity contribution in [1.29, 1.82) is 0 Å². The van der Waals surface area contributed by atoms with E-state index in [4.69, 9.17) is 0 Å². The molecule has 0 saturated carbocycles. The van der Waals surface area contributed by atoms with Crippen molar-refractivity contribution >= 4 is 27.3 Å². The van der Waals surface area contributed by atoms with Crippen LogP contribution in [0, 0.1) is 5.92 Å². The molecule has 2 rings (SSSR count). The van der Waals surface area contributed by atoms with Crippen LogP contribution in [0.1, 0.15) is 44.0 Å². The molecule has 0 atom stereocenters. The highest BCUT2D eigenvalue weighted by Crippen LogP contribution is 2.22. The number of amides is 2. The van der Waals surface area contributed by atoms with Crippen LogP contribution in [0.2, 0.25) is 0 Å². The van der Waals surface area contributed by atoms with Crippen LogP contribution in [0.5, 0.6) is 0 Å². The van der Waals surface area contributed by atoms with E-state index in [1.807, 2.05) is 13.8 Å². The lowest BCUT2D eigenvalue weighted by atomic mass is 10.1. The molecule has 2 amide bonds. The minimum Gasteiger partial charge on any atom is -0.339 e. The Morgan fingerprint density at radius 3 is 2.20 bits per heavy atom. The number of carbonyl (C=O) groups excluding carboxylic acids is 2. The Morgan fingerprint density at radius 2 is 1.72 bits per heavy atom. The predicted molar refractivity (Wildman–Crippen MR) is 98.3 cm³/mol. The van der Waals surface area contributed by atoms with Crippen molar-refractivity contribution in [3.63, 3.8) is 0 Å². The van der Waals surface area contributed by atoms with E-state index in [1.165, 1.54) is 6.92 Å². The van der Waals surface area contributed by atoms with Gasteiger partial charge < -0.3 is 10.2 Å². The average molecular weight is 366 g/mol. The molecule has 0 radical (unpaired) electrons. The zero-order valence-electron chi connectivity index (χ0n) is 15.0. The summed E-state index contributed by atoms with van der Waals surface area (Å²) in [5.74, 6) is 0.0561. The minimum atomic E-state index is -3.09. The predicted octanol–water partition coefficient (Wildman–Crippen LogP) is 2.32. The molecule has 1 heterocycles. The fourth-order valence-corrected chi connectivity index (χ4v) is 5.23. The molecule has 138 valence electrons. The Kier molecular flexibility index (Phi) is 6.21. The van der Waals surface area contributed by atoms with Crippen molar-refractivity contribution in [1.82, 2.24) is 4.90 Å². The summed E-state index contributed by atoms with van der Waals surface area (Å²) in [5.41, 5.74) is 1.18. The smallest absolute Gasteiger partial charge is 0.253 e. The summed E-state index contributed by atoms with van der Waals surface area (Å²) in [6.45, 7) is 6.14. The van der Waals surface area contributed by atoms with Gasteiger partial charge >= 0.3 is 0 Å². The summed E-state index contributed by atoms with van der Waals surface area (Å²) < 4.78 is 24.7. The Labute approximate surface area is 149 Å². The lowest BCUT2D eigenvalue weighted by molar-refractivity contribution is -0.114. The molecule has 0 bridgehead atoms. The first-order valence-electron chi connectivity index (χ1n) is 8.57. The fourth-order valence-electron chi connectivity index (χ4n) is 3.10. The largest absolute Gasteiger partial charge is 0.339 e. The van der Waals surface area contributed by atoms with Crippen molar-refractivity contribution in [3.8, 4) is 0 Å². The van der Waals surface area contributed by atoms with E-state index in [0.29, 0.717) is 37.2 Å². The monoisotopic (exact) mass is 366 g/mol. The second kappa shape index (κ2) is 7.99. The molecule has 0 aliphatic carbocycles. The van der Waals surface area contributed by atoms with E-state index in [2.05, 4.69) is 5.32 Å². The average Bonchev–Trinajstić information content (AvgIpc) is 2.53. The van der Waals surface area contributed by atoms with Gasteiger partial charge in [-0.05, 0) is 43.0 Å². The van der Waals surface area contributed by atoms with Crippen LogP contribution in [-0.4, -0.2) is 49.2 Å². The van der Waals surface area contributed by atoms with Gasteiger partial charge in [-0.2, -0.15) is 0 Å². The number of hydrogen-bond acceptors (Lipinski definition) is 4. The summed E-state index contributed by atoms with van der Waals surface area (Å²) in [6, 6.07) is 6.73. The van der Waals surface area contributed by atoms with Crippen LogP contribution < -0.4 is 5.32 Å². The highest BCUT2D eigenvalue weighted by molar-refractivity contribution is 7.92. The molecule has 1 saturated heterocycles. The van der Waals surface area contributed by atoms with Gasteiger partial charge in [-0.1, -0.05) is 13.8 Å². The number of anilines is 1.